The van der Waals surface area contributed by atoms with Gasteiger partial charge in [-0.3, -0.25) is 9.48 Å². The summed E-state index contributed by atoms with van der Waals surface area (Å²) < 4.78 is 1.54. The van der Waals surface area contributed by atoms with Crippen LogP contribution in [-0.4, -0.2) is 57.8 Å². The Bertz CT molecular complexity index is 563. The zero-order valence-electron chi connectivity index (χ0n) is 12.6. The summed E-state index contributed by atoms with van der Waals surface area (Å²) in [6.45, 7) is 4.19. The van der Waals surface area contributed by atoms with Gasteiger partial charge in [-0.25, -0.2) is 4.79 Å². The number of aromatic nitrogens is 2. The van der Waals surface area contributed by atoms with Crippen LogP contribution in [0, 0.1) is 5.92 Å². The van der Waals surface area contributed by atoms with E-state index in [-0.39, 0.29) is 11.6 Å². The van der Waals surface area contributed by atoms with Gasteiger partial charge < -0.3 is 15.3 Å². The molecule has 0 spiro atoms. The number of nitrogens with one attached hydrogen (secondary N) is 1. The molecule has 1 saturated heterocycles. The number of piperidine rings is 1. The number of nitrogens with zero attached hydrogens (tertiary/aromatic N) is 3. The van der Waals surface area contributed by atoms with E-state index in [1.165, 1.54) is 23.6 Å². The van der Waals surface area contributed by atoms with Crippen LogP contribution in [0.3, 0.4) is 0 Å². The molecule has 0 aromatic carbocycles. The molecule has 0 bridgehead atoms. The number of aryl methyl sites for hydroxylation is 1. The summed E-state index contributed by atoms with van der Waals surface area (Å²) in [5.41, 5.74) is 0.351. The maximum absolute atomic E-state index is 12.6. The molecule has 0 aliphatic carbocycles. The van der Waals surface area contributed by atoms with Crippen molar-refractivity contribution in [3.63, 3.8) is 0 Å². The van der Waals surface area contributed by atoms with Crippen molar-refractivity contribution in [3.05, 3.63) is 17.5 Å². The number of carbonyl (C=O) groups is 2. The van der Waals surface area contributed by atoms with Crippen LogP contribution >= 0.6 is 0 Å². The van der Waals surface area contributed by atoms with Crippen LogP contribution in [0.4, 0.5) is 0 Å². The SMILES string of the molecule is O=C(O)c1cc2n(n1)CCCN(CCC1CCNCC1)C2=O. The standard InChI is InChI=1S/C15H22N4O3/c20-14-13-10-12(15(21)22)17-19(13)8-1-7-18(14)9-4-11-2-5-16-6-3-11/h10-11,16H,1-9H2,(H,21,22). The number of carboxylic acids is 1. The molecule has 7 nitrogen and oxygen atoms in total. The maximum Gasteiger partial charge on any atom is 0.356 e. The fraction of sp³-hybridized carbons (Fsp3) is 0.667. The molecule has 0 unspecified atom stereocenters. The molecule has 1 aromatic rings. The Kier molecular flexibility index (Phi) is 4.42. The summed E-state index contributed by atoms with van der Waals surface area (Å²) in [6, 6.07) is 1.40. The molecule has 22 heavy (non-hydrogen) atoms. The Morgan fingerprint density at radius 2 is 2.14 bits per heavy atom. The lowest BCUT2D eigenvalue weighted by molar-refractivity contribution is 0.0689. The number of rotatable bonds is 4. The summed E-state index contributed by atoms with van der Waals surface area (Å²) in [7, 11) is 0. The first-order valence-electron chi connectivity index (χ1n) is 7.96. The van der Waals surface area contributed by atoms with Crippen LogP contribution < -0.4 is 5.32 Å². The number of carboxylic acid groups (broad SMARTS) is 1. The van der Waals surface area contributed by atoms with Gasteiger partial charge >= 0.3 is 5.97 Å². The summed E-state index contributed by atoms with van der Waals surface area (Å²) >= 11 is 0. The highest BCUT2D eigenvalue weighted by Crippen LogP contribution is 2.19. The van der Waals surface area contributed by atoms with E-state index >= 15 is 0 Å². The molecule has 0 saturated carbocycles. The molecule has 2 aliphatic heterocycles. The molecule has 1 aromatic heterocycles. The van der Waals surface area contributed by atoms with Gasteiger partial charge in [0.1, 0.15) is 5.69 Å². The predicted octanol–water partition coefficient (Wildman–Crippen LogP) is 0.817. The minimum Gasteiger partial charge on any atom is -0.476 e. The van der Waals surface area contributed by atoms with Crippen LogP contribution in [-0.2, 0) is 6.54 Å². The highest BCUT2D eigenvalue weighted by Gasteiger charge is 2.26. The molecule has 7 heteroatoms. The third kappa shape index (κ3) is 3.14. The number of fused-ring (bicyclic) bond motifs is 1. The van der Waals surface area contributed by atoms with Gasteiger partial charge in [0.05, 0.1) is 0 Å². The zero-order chi connectivity index (χ0) is 15.5. The Morgan fingerprint density at radius 1 is 1.36 bits per heavy atom. The van der Waals surface area contributed by atoms with Crippen molar-refractivity contribution in [2.45, 2.75) is 32.2 Å². The third-order valence-electron chi connectivity index (χ3n) is 4.57. The zero-order valence-corrected chi connectivity index (χ0v) is 12.6. The second-order valence-corrected chi connectivity index (χ2v) is 6.07. The highest BCUT2D eigenvalue weighted by atomic mass is 16.4. The van der Waals surface area contributed by atoms with Crippen molar-refractivity contribution < 1.29 is 14.7 Å². The molecule has 1 fully saturated rings. The van der Waals surface area contributed by atoms with E-state index in [1.807, 2.05) is 4.90 Å². The van der Waals surface area contributed by atoms with Crippen LogP contribution in [0.5, 0.6) is 0 Å². The number of amides is 1. The fourth-order valence-electron chi connectivity index (χ4n) is 3.26. The van der Waals surface area contributed by atoms with Gasteiger partial charge in [0.25, 0.3) is 5.91 Å². The van der Waals surface area contributed by atoms with Gasteiger partial charge in [-0.2, -0.15) is 5.10 Å². The van der Waals surface area contributed by atoms with Gasteiger partial charge in [0.2, 0.25) is 0 Å². The molecule has 2 aliphatic rings. The van der Waals surface area contributed by atoms with E-state index in [0.29, 0.717) is 18.2 Å². The van der Waals surface area contributed by atoms with Crippen molar-refractivity contribution in [1.29, 1.82) is 0 Å². The summed E-state index contributed by atoms with van der Waals surface area (Å²) in [4.78, 5) is 25.5. The van der Waals surface area contributed by atoms with Crippen LogP contribution in [0.15, 0.2) is 6.07 Å². The second kappa shape index (κ2) is 6.48. The minimum absolute atomic E-state index is 0.0523. The summed E-state index contributed by atoms with van der Waals surface area (Å²) in [6.07, 6.45) is 4.17. The van der Waals surface area contributed by atoms with Gasteiger partial charge in [-0.1, -0.05) is 0 Å². The Labute approximate surface area is 129 Å². The first kappa shape index (κ1) is 15.0. The predicted molar refractivity (Wildman–Crippen MR) is 79.9 cm³/mol. The first-order chi connectivity index (χ1) is 10.6. The second-order valence-electron chi connectivity index (χ2n) is 6.07. The van der Waals surface area contributed by atoms with Gasteiger partial charge in [-0.15, -0.1) is 0 Å². The van der Waals surface area contributed by atoms with E-state index < -0.39 is 5.97 Å². The third-order valence-corrected chi connectivity index (χ3v) is 4.57. The quantitative estimate of drug-likeness (QED) is 0.860. The average molecular weight is 306 g/mol. The molecule has 0 radical (unpaired) electrons. The van der Waals surface area contributed by atoms with Crippen molar-refractivity contribution >= 4 is 11.9 Å². The molecule has 3 heterocycles. The topological polar surface area (TPSA) is 87.5 Å². The van der Waals surface area contributed by atoms with Crippen molar-refractivity contribution in [2.24, 2.45) is 5.92 Å². The van der Waals surface area contributed by atoms with Gasteiger partial charge in [-0.05, 0) is 44.7 Å². The largest absolute Gasteiger partial charge is 0.476 e. The monoisotopic (exact) mass is 306 g/mol. The van der Waals surface area contributed by atoms with E-state index in [1.54, 1.807) is 0 Å². The Balaban J connectivity index is 1.67. The normalized spacial score (nSPS) is 19.8. The molecule has 2 N–H and O–H groups in total. The lowest BCUT2D eigenvalue weighted by Gasteiger charge is -2.26. The average Bonchev–Trinajstić information content (AvgIpc) is 2.89. The summed E-state index contributed by atoms with van der Waals surface area (Å²) in [5, 5.41) is 16.4. The lowest BCUT2D eigenvalue weighted by atomic mass is 9.94. The first-order valence-corrected chi connectivity index (χ1v) is 7.96. The van der Waals surface area contributed by atoms with Crippen molar-refractivity contribution in [1.82, 2.24) is 20.0 Å². The van der Waals surface area contributed by atoms with Crippen molar-refractivity contribution in [3.8, 4) is 0 Å². The van der Waals surface area contributed by atoms with E-state index in [4.69, 9.17) is 5.11 Å². The Hall–Kier alpha value is -1.89. The van der Waals surface area contributed by atoms with E-state index in [0.717, 1.165) is 39.0 Å². The molecule has 0 atom stereocenters. The molecule has 3 rings (SSSR count). The number of hydrogen-bond acceptors (Lipinski definition) is 4. The lowest BCUT2D eigenvalue weighted by Crippen LogP contribution is -2.35. The number of aromatic carboxylic acids is 1. The van der Waals surface area contributed by atoms with Crippen LogP contribution in [0.1, 0.15) is 46.7 Å². The number of carbonyl (C=O) groups excluding carboxylic acids is 1. The number of hydrogen-bond donors (Lipinski definition) is 2. The molecular weight excluding hydrogens is 284 g/mol. The fourth-order valence-corrected chi connectivity index (χ4v) is 3.26. The van der Waals surface area contributed by atoms with Crippen LogP contribution in [0.25, 0.3) is 0 Å². The smallest absolute Gasteiger partial charge is 0.356 e. The highest BCUT2D eigenvalue weighted by molar-refractivity contribution is 5.95. The molecule has 1 amide bonds. The van der Waals surface area contributed by atoms with Crippen LogP contribution in [0.2, 0.25) is 0 Å². The molecule has 120 valence electrons. The van der Waals surface area contributed by atoms with Gasteiger partial charge in [0.15, 0.2) is 5.69 Å². The Morgan fingerprint density at radius 3 is 2.86 bits per heavy atom. The van der Waals surface area contributed by atoms with Crippen molar-refractivity contribution in [2.75, 3.05) is 26.2 Å². The van der Waals surface area contributed by atoms with E-state index in [2.05, 4.69) is 10.4 Å². The minimum atomic E-state index is -1.09. The maximum atomic E-state index is 12.6. The molecular formula is C15H22N4O3. The van der Waals surface area contributed by atoms with E-state index in [9.17, 15) is 9.59 Å². The summed E-state index contributed by atoms with van der Waals surface area (Å²) in [5.74, 6) is -0.502. The van der Waals surface area contributed by atoms with Gasteiger partial charge in [0, 0.05) is 25.7 Å².